The Kier molecular flexibility index (Phi) is 6.68. The van der Waals surface area contributed by atoms with Gasteiger partial charge in [0.2, 0.25) is 0 Å². The maximum absolute atomic E-state index is 5.98. The van der Waals surface area contributed by atoms with Crippen molar-refractivity contribution < 1.29 is 0 Å². The summed E-state index contributed by atoms with van der Waals surface area (Å²) in [7, 11) is 0. The molecule has 0 spiro atoms. The molecule has 3 heteroatoms. The lowest BCUT2D eigenvalue weighted by Gasteiger charge is -2.25. The molecular weight excluding hydrogens is 310 g/mol. The van der Waals surface area contributed by atoms with Gasteiger partial charge in [0.1, 0.15) is 0 Å². The number of nitrogens with one attached hydrogen (secondary N) is 1. The summed E-state index contributed by atoms with van der Waals surface area (Å²) in [5, 5.41) is 4.31. The van der Waals surface area contributed by atoms with Crippen molar-refractivity contribution in [1.29, 1.82) is 0 Å². The Morgan fingerprint density at radius 1 is 1.17 bits per heavy atom. The minimum atomic E-state index is 0.717. The van der Waals surface area contributed by atoms with E-state index in [0.29, 0.717) is 0 Å². The lowest BCUT2D eigenvalue weighted by Crippen LogP contribution is -2.29. The molecule has 102 valence electrons. The van der Waals surface area contributed by atoms with E-state index in [1.807, 2.05) is 6.07 Å². The molecule has 1 N–H and O–H groups in total. The summed E-state index contributed by atoms with van der Waals surface area (Å²) < 4.78 is 0.965. The van der Waals surface area contributed by atoms with Crippen LogP contribution in [0.5, 0.6) is 0 Å². The van der Waals surface area contributed by atoms with Gasteiger partial charge >= 0.3 is 0 Å². The third kappa shape index (κ3) is 4.91. The number of rotatable bonds is 6. The SMILES string of the molecule is CC(C)C(CNCc1ccc(Cl)c(Br)c1)C(C)C. The maximum atomic E-state index is 5.98. The first-order valence-electron chi connectivity index (χ1n) is 6.56. The van der Waals surface area contributed by atoms with Crippen LogP contribution in [0.3, 0.4) is 0 Å². The smallest absolute Gasteiger partial charge is 0.0548 e. The number of benzene rings is 1. The van der Waals surface area contributed by atoms with Crippen LogP contribution >= 0.6 is 27.5 Å². The number of hydrogen-bond donors (Lipinski definition) is 1. The summed E-state index contributed by atoms with van der Waals surface area (Å²) in [6.45, 7) is 11.1. The van der Waals surface area contributed by atoms with Crippen LogP contribution in [0.25, 0.3) is 0 Å². The molecule has 1 aromatic rings. The Labute approximate surface area is 124 Å². The maximum Gasteiger partial charge on any atom is 0.0548 e. The normalized spacial score (nSPS) is 11.8. The first-order chi connectivity index (χ1) is 8.41. The van der Waals surface area contributed by atoms with Crippen LogP contribution in [0.2, 0.25) is 5.02 Å². The van der Waals surface area contributed by atoms with E-state index in [-0.39, 0.29) is 0 Å². The third-order valence-corrected chi connectivity index (χ3v) is 4.62. The fourth-order valence-corrected chi connectivity index (χ4v) is 2.82. The average Bonchev–Trinajstić information content (AvgIpc) is 2.28. The summed E-state index contributed by atoms with van der Waals surface area (Å²) in [4.78, 5) is 0. The first-order valence-corrected chi connectivity index (χ1v) is 7.73. The van der Waals surface area contributed by atoms with Crippen molar-refractivity contribution in [3.8, 4) is 0 Å². The lowest BCUT2D eigenvalue weighted by atomic mass is 9.85. The van der Waals surface area contributed by atoms with E-state index in [2.05, 4.69) is 61.1 Å². The van der Waals surface area contributed by atoms with Gasteiger partial charge in [-0.15, -0.1) is 0 Å². The van der Waals surface area contributed by atoms with E-state index < -0.39 is 0 Å². The fraction of sp³-hybridized carbons (Fsp3) is 0.600. The van der Waals surface area contributed by atoms with Gasteiger partial charge in [0.15, 0.2) is 0 Å². The standard InChI is InChI=1S/C15H23BrClN/c1-10(2)13(11(3)4)9-18-8-12-5-6-15(17)14(16)7-12/h5-7,10-11,13,18H,8-9H2,1-4H3. The van der Waals surface area contributed by atoms with Gasteiger partial charge < -0.3 is 5.32 Å². The highest BCUT2D eigenvalue weighted by Crippen LogP contribution is 2.23. The minimum Gasteiger partial charge on any atom is -0.312 e. The quantitative estimate of drug-likeness (QED) is 0.762. The van der Waals surface area contributed by atoms with E-state index in [1.54, 1.807) is 0 Å². The number of hydrogen-bond acceptors (Lipinski definition) is 1. The van der Waals surface area contributed by atoms with Gasteiger partial charge in [0.05, 0.1) is 5.02 Å². The summed E-state index contributed by atoms with van der Waals surface area (Å²) in [6.07, 6.45) is 0. The Hall–Kier alpha value is -0.0500. The zero-order valence-corrected chi connectivity index (χ0v) is 14.0. The van der Waals surface area contributed by atoms with Gasteiger partial charge in [0, 0.05) is 11.0 Å². The molecule has 0 amide bonds. The van der Waals surface area contributed by atoms with Gasteiger partial charge in [-0.2, -0.15) is 0 Å². The van der Waals surface area contributed by atoms with Crippen molar-refractivity contribution in [2.24, 2.45) is 17.8 Å². The van der Waals surface area contributed by atoms with Crippen LogP contribution in [-0.2, 0) is 6.54 Å². The average molecular weight is 333 g/mol. The lowest BCUT2D eigenvalue weighted by molar-refractivity contribution is 0.275. The highest BCUT2D eigenvalue weighted by Gasteiger charge is 2.16. The van der Waals surface area contributed by atoms with Crippen LogP contribution < -0.4 is 5.32 Å². The second kappa shape index (κ2) is 7.52. The molecule has 0 aliphatic carbocycles. The van der Waals surface area contributed by atoms with Crippen molar-refractivity contribution in [3.63, 3.8) is 0 Å². The molecule has 18 heavy (non-hydrogen) atoms. The van der Waals surface area contributed by atoms with Crippen LogP contribution in [0.15, 0.2) is 22.7 Å². The highest BCUT2D eigenvalue weighted by molar-refractivity contribution is 9.10. The van der Waals surface area contributed by atoms with Crippen molar-refractivity contribution in [1.82, 2.24) is 5.32 Å². The van der Waals surface area contributed by atoms with Crippen LogP contribution in [0.4, 0.5) is 0 Å². The molecule has 0 saturated carbocycles. The molecule has 0 aliphatic rings. The van der Waals surface area contributed by atoms with E-state index in [1.165, 1.54) is 5.56 Å². The molecule has 0 bridgehead atoms. The minimum absolute atomic E-state index is 0.717. The predicted molar refractivity (Wildman–Crippen MR) is 84.0 cm³/mol. The Balaban J connectivity index is 2.47. The Bertz CT molecular complexity index is 369. The predicted octanol–water partition coefficient (Wildman–Crippen LogP) is 5.12. The largest absolute Gasteiger partial charge is 0.312 e. The molecule has 1 rings (SSSR count). The van der Waals surface area contributed by atoms with Gasteiger partial charge in [-0.25, -0.2) is 0 Å². The van der Waals surface area contributed by atoms with E-state index in [0.717, 1.165) is 40.3 Å². The Morgan fingerprint density at radius 3 is 2.28 bits per heavy atom. The molecule has 1 aromatic carbocycles. The topological polar surface area (TPSA) is 12.0 Å². The van der Waals surface area contributed by atoms with Crippen LogP contribution in [-0.4, -0.2) is 6.54 Å². The van der Waals surface area contributed by atoms with Crippen molar-refractivity contribution in [2.45, 2.75) is 34.2 Å². The van der Waals surface area contributed by atoms with Crippen LogP contribution in [0.1, 0.15) is 33.3 Å². The Morgan fingerprint density at radius 2 is 1.78 bits per heavy atom. The fourth-order valence-electron chi connectivity index (χ4n) is 2.27. The molecule has 0 radical (unpaired) electrons. The van der Waals surface area contributed by atoms with Crippen molar-refractivity contribution in [2.75, 3.05) is 6.54 Å². The van der Waals surface area contributed by atoms with E-state index >= 15 is 0 Å². The second-order valence-electron chi connectivity index (χ2n) is 5.53. The highest BCUT2D eigenvalue weighted by atomic mass is 79.9. The molecule has 0 heterocycles. The number of halogens is 2. The van der Waals surface area contributed by atoms with Gasteiger partial charge in [-0.05, 0) is 57.9 Å². The van der Waals surface area contributed by atoms with Gasteiger partial charge in [-0.1, -0.05) is 45.4 Å². The summed E-state index contributed by atoms with van der Waals surface area (Å²) in [5.74, 6) is 2.16. The van der Waals surface area contributed by atoms with Gasteiger partial charge in [0.25, 0.3) is 0 Å². The molecule has 1 nitrogen and oxygen atoms in total. The molecule has 0 atom stereocenters. The monoisotopic (exact) mass is 331 g/mol. The van der Waals surface area contributed by atoms with Crippen molar-refractivity contribution in [3.05, 3.63) is 33.3 Å². The molecule has 0 saturated heterocycles. The zero-order chi connectivity index (χ0) is 13.7. The first kappa shape index (κ1) is 16.0. The molecule has 0 unspecified atom stereocenters. The van der Waals surface area contributed by atoms with Crippen molar-refractivity contribution >= 4 is 27.5 Å². The summed E-state index contributed by atoms with van der Waals surface area (Å²) >= 11 is 9.43. The zero-order valence-electron chi connectivity index (χ0n) is 11.6. The molecular formula is C15H23BrClN. The molecule has 0 fully saturated rings. The van der Waals surface area contributed by atoms with Crippen LogP contribution in [0, 0.1) is 17.8 Å². The van der Waals surface area contributed by atoms with Gasteiger partial charge in [-0.3, -0.25) is 0 Å². The molecule has 0 aliphatic heterocycles. The summed E-state index contributed by atoms with van der Waals surface area (Å²) in [5.41, 5.74) is 1.26. The third-order valence-electron chi connectivity index (χ3n) is 3.41. The molecule has 0 aromatic heterocycles. The van der Waals surface area contributed by atoms with E-state index in [9.17, 15) is 0 Å². The summed E-state index contributed by atoms with van der Waals surface area (Å²) in [6, 6.07) is 6.08. The second-order valence-corrected chi connectivity index (χ2v) is 6.79. The van der Waals surface area contributed by atoms with E-state index in [4.69, 9.17) is 11.6 Å².